The molecule has 2 unspecified atom stereocenters. The molecule has 34 heavy (non-hydrogen) atoms. The molecule has 4 nitrogen and oxygen atoms in total. The Morgan fingerprint density at radius 1 is 0.794 bits per heavy atom. The van der Waals surface area contributed by atoms with E-state index in [0.29, 0.717) is 0 Å². The third-order valence-electron chi connectivity index (χ3n) is 7.33. The largest absolute Gasteiger partial charge is 0.496 e. The van der Waals surface area contributed by atoms with Gasteiger partial charge in [-0.2, -0.15) is 0 Å². The van der Waals surface area contributed by atoms with Crippen LogP contribution >= 0.6 is 38.6 Å². The molecule has 2 atom stereocenters. The molecule has 0 aliphatic carbocycles. The van der Waals surface area contributed by atoms with Crippen molar-refractivity contribution in [3.05, 3.63) is 61.8 Å². The van der Waals surface area contributed by atoms with Crippen molar-refractivity contribution in [2.24, 2.45) is 0 Å². The molecule has 1 aliphatic heterocycles. The van der Waals surface area contributed by atoms with Crippen molar-refractivity contribution in [3.8, 4) is 0 Å². The molecule has 0 bridgehead atoms. The molecule has 1 saturated heterocycles. The molecule has 1 fully saturated rings. The minimum atomic E-state index is -1.03. The number of fused-ring (bicyclic) bond motifs is 2. The maximum absolute atomic E-state index is 11.4. The zero-order valence-corrected chi connectivity index (χ0v) is 23.3. The first-order valence-corrected chi connectivity index (χ1v) is 13.8. The summed E-state index contributed by atoms with van der Waals surface area (Å²) in [5, 5.41) is 24.8. The fraction of sp³-hybridized carbons (Fsp3) is 0.385. The van der Waals surface area contributed by atoms with Crippen LogP contribution in [0.5, 0.6) is 0 Å². The fourth-order valence-corrected chi connectivity index (χ4v) is 7.70. The summed E-state index contributed by atoms with van der Waals surface area (Å²) in [5.41, 5.74) is 2.07. The van der Waals surface area contributed by atoms with E-state index in [1.807, 2.05) is 65.8 Å². The smallest absolute Gasteiger partial charge is 0.399 e. The van der Waals surface area contributed by atoms with Crippen LogP contribution in [-0.2, 0) is 9.31 Å². The maximum atomic E-state index is 11.4. The normalized spacial score (nSPS) is 19.3. The first-order chi connectivity index (χ1) is 15.9. The molecule has 0 spiro atoms. The highest BCUT2D eigenvalue weighted by Gasteiger charge is 2.52. The topological polar surface area (TPSA) is 58.9 Å². The summed E-state index contributed by atoms with van der Waals surface area (Å²) in [5.74, 6) is 0. The average Bonchev–Trinajstić information content (AvgIpc) is 3.37. The van der Waals surface area contributed by atoms with Gasteiger partial charge in [-0.1, -0.05) is 30.3 Å². The Morgan fingerprint density at radius 2 is 1.26 bits per heavy atom. The van der Waals surface area contributed by atoms with E-state index in [-0.39, 0.29) is 0 Å². The summed E-state index contributed by atoms with van der Waals surface area (Å²) in [6.07, 6.45) is -2.05. The Balaban J connectivity index is 1.55. The van der Waals surface area contributed by atoms with Crippen LogP contribution in [0.15, 0.2) is 40.9 Å². The zero-order chi connectivity index (χ0) is 24.6. The molecule has 0 amide bonds. The number of hydrogen-bond acceptors (Lipinski definition) is 6. The summed E-state index contributed by atoms with van der Waals surface area (Å²) in [7, 11) is -0.483. The Labute approximate surface area is 216 Å². The van der Waals surface area contributed by atoms with Gasteiger partial charge in [-0.3, -0.25) is 0 Å². The van der Waals surface area contributed by atoms with Crippen LogP contribution in [0.25, 0.3) is 20.2 Å². The highest BCUT2D eigenvalue weighted by molar-refractivity contribution is 9.10. The van der Waals surface area contributed by atoms with E-state index in [2.05, 4.69) is 28.1 Å². The monoisotopic (exact) mass is 558 g/mol. The van der Waals surface area contributed by atoms with Crippen LogP contribution in [0, 0.1) is 13.8 Å². The van der Waals surface area contributed by atoms with Gasteiger partial charge < -0.3 is 19.5 Å². The van der Waals surface area contributed by atoms with Crippen LogP contribution in [0.4, 0.5) is 0 Å². The molecule has 2 aromatic heterocycles. The van der Waals surface area contributed by atoms with E-state index in [9.17, 15) is 10.2 Å². The van der Waals surface area contributed by atoms with Crippen LogP contribution in [-0.4, -0.2) is 28.5 Å². The predicted molar refractivity (Wildman–Crippen MR) is 146 cm³/mol. The lowest BCUT2D eigenvalue weighted by atomic mass is 9.78. The lowest BCUT2D eigenvalue weighted by Gasteiger charge is -2.32. The number of thiophene rings is 2. The second-order valence-electron chi connectivity index (χ2n) is 10.0. The summed E-state index contributed by atoms with van der Waals surface area (Å²) in [6.45, 7) is 12.2. The van der Waals surface area contributed by atoms with Gasteiger partial charge in [0.25, 0.3) is 0 Å². The predicted octanol–water partition coefficient (Wildman–Crippen LogP) is 6.56. The number of aryl methyl sites for hydroxylation is 2. The highest BCUT2D eigenvalue weighted by Crippen LogP contribution is 2.45. The molecule has 3 heterocycles. The summed E-state index contributed by atoms with van der Waals surface area (Å²) >= 11 is 6.65. The number of aliphatic hydroxyl groups is 2. The minimum Gasteiger partial charge on any atom is -0.399 e. The Morgan fingerprint density at radius 3 is 1.79 bits per heavy atom. The van der Waals surface area contributed by atoms with Crippen molar-refractivity contribution < 1.29 is 19.5 Å². The molecule has 5 rings (SSSR count). The molecular formula is C26H28BBrO4S2. The van der Waals surface area contributed by atoms with Gasteiger partial charge in [0.1, 0.15) is 12.2 Å². The first kappa shape index (κ1) is 24.4. The van der Waals surface area contributed by atoms with E-state index in [1.54, 1.807) is 0 Å². The summed E-state index contributed by atoms with van der Waals surface area (Å²) in [4.78, 5) is 1.56. The van der Waals surface area contributed by atoms with E-state index in [4.69, 9.17) is 9.31 Å². The van der Waals surface area contributed by atoms with Crippen molar-refractivity contribution in [2.45, 2.75) is 65.0 Å². The van der Waals surface area contributed by atoms with Crippen molar-refractivity contribution in [1.82, 2.24) is 0 Å². The van der Waals surface area contributed by atoms with Crippen molar-refractivity contribution in [2.75, 3.05) is 0 Å². The highest BCUT2D eigenvalue weighted by atomic mass is 79.9. The fourth-order valence-electron chi connectivity index (χ4n) is 4.52. The maximum Gasteiger partial charge on any atom is 0.496 e. The van der Waals surface area contributed by atoms with E-state index in [1.165, 1.54) is 22.7 Å². The molecule has 8 heteroatoms. The average molecular weight is 559 g/mol. The number of halogens is 1. The number of benzene rings is 2. The van der Waals surface area contributed by atoms with Gasteiger partial charge in [-0.15, -0.1) is 22.7 Å². The molecule has 1 aliphatic rings. The van der Waals surface area contributed by atoms with Crippen LogP contribution in [0.3, 0.4) is 0 Å². The second kappa shape index (κ2) is 8.41. The lowest BCUT2D eigenvalue weighted by Crippen LogP contribution is -2.41. The number of hydrogen-bond donors (Lipinski definition) is 2. The molecule has 4 aromatic rings. The summed E-state index contributed by atoms with van der Waals surface area (Å²) < 4.78 is 15.7. The van der Waals surface area contributed by atoms with Crippen molar-refractivity contribution in [1.29, 1.82) is 0 Å². The number of rotatable bonds is 4. The standard InChI is InChI=1S/C26H28BBrO4S2/c1-13-15-9-7-11-17(27-31-25(3,4)26(5,6)32-27)23(15)33-21(13)19(29)20(30)22-14(2)16-10-8-12-18(28)24(16)34-22/h7-12,19-20,29-30H,1-6H3. The zero-order valence-electron chi connectivity index (χ0n) is 20.1. The van der Waals surface area contributed by atoms with Crippen molar-refractivity contribution in [3.63, 3.8) is 0 Å². The molecule has 2 aromatic carbocycles. The third-order valence-corrected chi connectivity index (χ3v) is 11.1. The van der Waals surface area contributed by atoms with E-state index in [0.717, 1.165) is 51.0 Å². The molecule has 0 radical (unpaired) electrons. The van der Waals surface area contributed by atoms with Gasteiger partial charge >= 0.3 is 7.12 Å². The Kier molecular flexibility index (Phi) is 6.04. The van der Waals surface area contributed by atoms with E-state index < -0.39 is 30.5 Å². The quantitative estimate of drug-likeness (QED) is 0.278. The third kappa shape index (κ3) is 3.70. The van der Waals surface area contributed by atoms with Gasteiger partial charge in [0.05, 0.1) is 11.2 Å². The summed E-state index contributed by atoms with van der Waals surface area (Å²) in [6, 6.07) is 12.1. The lowest BCUT2D eigenvalue weighted by molar-refractivity contribution is 0.00578. The molecule has 2 N–H and O–H groups in total. The van der Waals surface area contributed by atoms with Crippen LogP contribution < -0.4 is 5.46 Å². The van der Waals surface area contributed by atoms with Gasteiger partial charge in [-0.05, 0) is 85.4 Å². The second-order valence-corrected chi connectivity index (χ2v) is 13.0. The first-order valence-electron chi connectivity index (χ1n) is 11.3. The number of aliphatic hydroxyl groups excluding tert-OH is 2. The Bertz CT molecular complexity index is 1390. The molecule has 178 valence electrons. The minimum absolute atomic E-state index is 0.433. The SMILES string of the molecule is Cc1c(C(O)C(O)c2sc3c(B4OC(C)(C)C(C)(C)O4)cccc3c2C)sc2c(Br)cccc12. The van der Waals surface area contributed by atoms with Gasteiger partial charge in [-0.25, -0.2) is 0 Å². The van der Waals surface area contributed by atoms with Crippen LogP contribution in [0.1, 0.15) is 60.8 Å². The van der Waals surface area contributed by atoms with Gasteiger partial charge in [0.15, 0.2) is 0 Å². The molecule has 0 saturated carbocycles. The van der Waals surface area contributed by atoms with Crippen molar-refractivity contribution >= 4 is 71.4 Å². The van der Waals surface area contributed by atoms with Crippen LogP contribution in [0.2, 0.25) is 0 Å². The van der Waals surface area contributed by atoms with E-state index >= 15 is 0 Å². The Hall–Kier alpha value is -1.26. The van der Waals surface area contributed by atoms with Gasteiger partial charge in [0, 0.05) is 29.1 Å². The van der Waals surface area contributed by atoms with Gasteiger partial charge in [0.2, 0.25) is 0 Å². The molecular weight excluding hydrogens is 531 g/mol.